The van der Waals surface area contributed by atoms with Crippen molar-refractivity contribution in [2.24, 2.45) is 5.73 Å². The van der Waals surface area contributed by atoms with Crippen LogP contribution in [-0.4, -0.2) is 147 Å². The number of phenolic OH excluding ortho intramolecular Hbond substituents is 2. The van der Waals surface area contributed by atoms with Crippen molar-refractivity contribution in [2.75, 3.05) is 37.7 Å². The molecule has 67 heavy (non-hydrogen) atoms. The third-order valence-electron chi connectivity index (χ3n) is 10.4. The van der Waals surface area contributed by atoms with Crippen LogP contribution in [0.5, 0.6) is 11.5 Å². The molecular weight excluding hydrogens is 911 g/mol. The van der Waals surface area contributed by atoms with Crippen LogP contribution in [0.2, 0.25) is 0 Å². The number of aliphatic carboxylic acids is 1. The van der Waals surface area contributed by atoms with Gasteiger partial charge < -0.3 is 63.2 Å². The average molecular weight is 966 g/mol. The molecule has 360 valence electrons. The number of amides is 8. The molecule has 21 nitrogen and oxygen atoms in total. The standard InChI is InChI=1S/C44H55N9O12S2/c45-30(23-66)39(59)47-20-36(56)46-21-37(57)49-32(18-25-5-2-1-3-6-25)43(63)53-16-4-7-35(53)42(62)51-31(17-26-8-12-28(54)13-9-26)40(60)48-22-38(58)50-34(24-67)41(61)52-33(44(64)65)19-27-10-14-29(55)15-11-27/h1-3,5-6,8-15,30-35,54-55,66-67H,4,7,16-24,45H2,(H,46,56)(H,47,59)(H,48,60)(H,49,57)(H,50,58)(H,51,62)(H,52,61)(H,64,65)/t30-,31-,32-,33-,34-,35-/m0/s1. The van der Waals surface area contributed by atoms with Gasteiger partial charge in [-0.1, -0.05) is 54.6 Å². The topological polar surface area (TPSA) is 328 Å². The first-order valence-electron chi connectivity index (χ1n) is 21.1. The van der Waals surface area contributed by atoms with E-state index in [-0.39, 0.29) is 55.2 Å². The Kier molecular flexibility index (Phi) is 20.7. The Hall–Kier alpha value is -6.85. The van der Waals surface area contributed by atoms with Gasteiger partial charge in [0.15, 0.2) is 0 Å². The van der Waals surface area contributed by atoms with Gasteiger partial charge in [-0.3, -0.25) is 38.4 Å². The van der Waals surface area contributed by atoms with Crippen LogP contribution in [-0.2, 0) is 62.4 Å². The van der Waals surface area contributed by atoms with E-state index in [0.717, 1.165) is 0 Å². The van der Waals surface area contributed by atoms with Crippen molar-refractivity contribution in [3.8, 4) is 11.5 Å². The molecule has 1 aliphatic heterocycles. The van der Waals surface area contributed by atoms with Crippen LogP contribution in [0.1, 0.15) is 29.5 Å². The van der Waals surface area contributed by atoms with E-state index >= 15 is 0 Å². The lowest BCUT2D eigenvalue weighted by Crippen LogP contribution is -2.58. The number of nitrogens with two attached hydrogens (primary N) is 1. The van der Waals surface area contributed by atoms with Crippen molar-refractivity contribution >= 4 is 78.5 Å². The molecule has 0 saturated carbocycles. The molecule has 1 fully saturated rings. The number of nitrogens with zero attached hydrogens (tertiary/aromatic N) is 1. The molecule has 6 atom stereocenters. The number of carbonyl (C=O) groups excluding carboxylic acids is 8. The molecule has 0 radical (unpaired) electrons. The fourth-order valence-corrected chi connectivity index (χ4v) is 7.26. The fraction of sp³-hybridized carbons (Fsp3) is 0.386. The molecule has 0 spiro atoms. The first kappa shape index (κ1) is 52.8. The number of carbonyl (C=O) groups is 9. The molecule has 1 saturated heterocycles. The van der Waals surface area contributed by atoms with Gasteiger partial charge in [0.25, 0.3) is 0 Å². The van der Waals surface area contributed by atoms with Crippen LogP contribution in [0.4, 0.5) is 0 Å². The lowest BCUT2D eigenvalue weighted by molar-refractivity contribution is -0.142. The summed E-state index contributed by atoms with van der Waals surface area (Å²) < 4.78 is 0. The SMILES string of the molecule is N[C@@H](CS)C(=O)NCC(=O)NCC(=O)N[C@@H](Cc1ccccc1)C(=O)N1CCC[C@H]1C(=O)N[C@@H](Cc1ccc(O)cc1)C(=O)NCC(=O)N[C@@H](CS)C(=O)N[C@@H](Cc1ccc(O)cc1)C(=O)O. The normalized spacial score (nSPS) is 15.3. The average Bonchev–Trinajstić information content (AvgIpc) is 3.82. The highest BCUT2D eigenvalue weighted by atomic mass is 32.1. The minimum Gasteiger partial charge on any atom is -0.508 e. The number of thiol groups is 2. The second-order valence-electron chi connectivity index (χ2n) is 15.5. The van der Waals surface area contributed by atoms with Gasteiger partial charge in [0, 0.05) is 37.3 Å². The summed E-state index contributed by atoms with van der Waals surface area (Å²) in [7, 11) is 0. The molecule has 0 aromatic heterocycles. The quantitative estimate of drug-likeness (QED) is 0.0420. The van der Waals surface area contributed by atoms with Gasteiger partial charge in [-0.05, 0) is 53.8 Å². The lowest BCUT2D eigenvalue weighted by Gasteiger charge is -2.30. The van der Waals surface area contributed by atoms with Crippen molar-refractivity contribution in [1.82, 2.24) is 42.1 Å². The maximum atomic E-state index is 14.2. The molecular formula is C44H55N9O12S2. The Morgan fingerprint density at radius 1 is 0.582 bits per heavy atom. The number of phenols is 2. The molecule has 3 aromatic carbocycles. The predicted octanol–water partition coefficient (Wildman–Crippen LogP) is -2.32. The Morgan fingerprint density at radius 2 is 1.09 bits per heavy atom. The van der Waals surface area contributed by atoms with Gasteiger partial charge in [-0.2, -0.15) is 25.3 Å². The van der Waals surface area contributed by atoms with Gasteiger partial charge in [-0.15, -0.1) is 0 Å². The summed E-state index contributed by atoms with van der Waals surface area (Å²) in [5.74, 6) is -7.50. The van der Waals surface area contributed by atoms with E-state index in [2.05, 4.69) is 62.5 Å². The van der Waals surface area contributed by atoms with Crippen LogP contribution >= 0.6 is 25.3 Å². The van der Waals surface area contributed by atoms with E-state index in [1.165, 1.54) is 53.4 Å². The zero-order valence-corrected chi connectivity index (χ0v) is 38.0. The monoisotopic (exact) mass is 965 g/mol. The number of nitrogens with one attached hydrogen (secondary N) is 7. The van der Waals surface area contributed by atoms with Crippen molar-refractivity contribution in [3.63, 3.8) is 0 Å². The third-order valence-corrected chi connectivity index (χ3v) is 11.2. The molecule has 3 aromatic rings. The first-order chi connectivity index (χ1) is 32.0. The molecule has 0 bridgehead atoms. The molecule has 4 rings (SSSR count). The van der Waals surface area contributed by atoms with Gasteiger partial charge >= 0.3 is 5.97 Å². The van der Waals surface area contributed by atoms with Crippen molar-refractivity contribution in [3.05, 3.63) is 95.6 Å². The van der Waals surface area contributed by atoms with Crippen LogP contribution in [0.3, 0.4) is 0 Å². The number of carboxylic acid groups (broad SMARTS) is 1. The minimum absolute atomic E-state index is 0.0193. The summed E-state index contributed by atoms with van der Waals surface area (Å²) in [6.45, 7) is -1.55. The van der Waals surface area contributed by atoms with Crippen molar-refractivity contribution in [1.29, 1.82) is 0 Å². The number of hydrogen-bond acceptors (Lipinski definition) is 14. The van der Waals surface area contributed by atoms with Gasteiger partial charge in [0.1, 0.15) is 41.7 Å². The number of hydrogen-bond donors (Lipinski definition) is 13. The number of aromatic hydroxyl groups is 2. The minimum atomic E-state index is -1.39. The number of carboxylic acids is 1. The highest BCUT2D eigenvalue weighted by Crippen LogP contribution is 2.21. The second-order valence-corrected chi connectivity index (χ2v) is 16.2. The molecule has 1 aliphatic rings. The Balaban J connectivity index is 1.42. The highest BCUT2D eigenvalue weighted by molar-refractivity contribution is 7.80. The summed E-state index contributed by atoms with van der Waals surface area (Å²) in [6, 6.07) is 13.0. The second kappa shape index (κ2) is 26.3. The van der Waals surface area contributed by atoms with E-state index in [0.29, 0.717) is 23.1 Å². The van der Waals surface area contributed by atoms with Crippen molar-refractivity contribution in [2.45, 2.75) is 68.4 Å². The summed E-state index contributed by atoms with van der Waals surface area (Å²) in [4.78, 5) is 119. The number of benzene rings is 3. The van der Waals surface area contributed by atoms with Crippen molar-refractivity contribution < 1.29 is 58.5 Å². The predicted molar refractivity (Wildman–Crippen MR) is 249 cm³/mol. The van der Waals surface area contributed by atoms with Crippen LogP contribution < -0.4 is 43.0 Å². The largest absolute Gasteiger partial charge is 0.508 e. The van der Waals surface area contributed by atoms with E-state index < -0.39 is 109 Å². The highest BCUT2D eigenvalue weighted by Gasteiger charge is 2.39. The molecule has 1 heterocycles. The van der Waals surface area contributed by atoms with Crippen LogP contribution in [0.15, 0.2) is 78.9 Å². The van der Waals surface area contributed by atoms with Gasteiger partial charge in [-0.25, -0.2) is 4.79 Å². The molecule has 8 amide bonds. The maximum Gasteiger partial charge on any atom is 0.326 e. The summed E-state index contributed by atoms with van der Waals surface area (Å²) in [5.41, 5.74) is 7.29. The van der Waals surface area contributed by atoms with E-state index in [4.69, 9.17) is 5.73 Å². The summed E-state index contributed by atoms with van der Waals surface area (Å²) >= 11 is 8.07. The zero-order valence-electron chi connectivity index (χ0n) is 36.2. The zero-order chi connectivity index (χ0) is 49.0. The van der Waals surface area contributed by atoms with E-state index in [1.807, 2.05) is 0 Å². The van der Waals surface area contributed by atoms with E-state index in [9.17, 15) is 58.5 Å². The van der Waals surface area contributed by atoms with Gasteiger partial charge in [0.05, 0.1) is 25.7 Å². The fourth-order valence-electron chi connectivity index (χ4n) is 6.84. The van der Waals surface area contributed by atoms with Crippen LogP contribution in [0.25, 0.3) is 0 Å². The van der Waals surface area contributed by atoms with Gasteiger partial charge in [0.2, 0.25) is 47.3 Å². The van der Waals surface area contributed by atoms with E-state index in [1.54, 1.807) is 30.3 Å². The Bertz CT molecular complexity index is 2220. The molecule has 0 unspecified atom stereocenters. The smallest absolute Gasteiger partial charge is 0.326 e. The molecule has 12 N–H and O–H groups in total. The summed E-state index contributed by atoms with van der Waals surface area (Å²) in [5, 5.41) is 46.3. The Labute approximate surface area is 396 Å². The molecule has 23 heteroatoms. The lowest BCUT2D eigenvalue weighted by atomic mass is 10.0. The number of rotatable bonds is 24. The Morgan fingerprint density at radius 3 is 1.66 bits per heavy atom. The summed E-state index contributed by atoms with van der Waals surface area (Å²) in [6.07, 6.45) is 0.362. The van der Waals surface area contributed by atoms with Crippen LogP contribution in [0, 0.1) is 0 Å². The first-order valence-corrected chi connectivity index (χ1v) is 22.4. The number of likely N-dealkylation sites (tertiary alicyclic amines) is 1. The molecule has 0 aliphatic carbocycles. The third kappa shape index (κ3) is 17.1. The maximum absolute atomic E-state index is 14.2.